The molecule has 0 aliphatic carbocycles. The average Bonchev–Trinajstić information content (AvgIpc) is 2.94. The van der Waals surface area contributed by atoms with Gasteiger partial charge in [-0.2, -0.15) is 5.10 Å². The van der Waals surface area contributed by atoms with Crippen molar-refractivity contribution in [2.24, 2.45) is 7.05 Å². The first-order valence-electron chi connectivity index (χ1n) is 5.59. The van der Waals surface area contributed by atoms with Crippen LogP contribution in [0.1, 0.15) is 10.5 Å². The van der Waals surface area contributed by atoms with Crippen molar-refractivity contribution in [1.82, 2.24) is 14.8 Å². The van der Waals surface area contributed by atoms with Crippen LogP contribution < -0.4 is 11.1 Å². The predicted molar refractivity (Wildman–Crippen MR) is 75.2 cm³/mol. The molecule has 19 heavy (non-hydrogen) atoms. The summed E-state index contributed by atoms with van der Waals surface area (Å²) in [6.45, 7) is 0. The molecule has 0 saturated heterocycles. The first-order chi connectivity index (χ1) is 9.11. The van der Waals surface area contributed by atoms with Crippen LogP contribution in [0.2, 0.25) is 0 Å². The smallest absolute Gasteiger partial charge is 0.277 e. The Balaban J connectivity index is 1.87. The van der Waals surface area contributed by atoms with E-state index in [0.29, 0.717) is 16.5 Å². The first kappa shape index (κ1) is 11.7. The van der Waals surface area contributed by atoms with Gasteiger partial charge in [-0.25, -0.2) is 4.98 Å². The molecular weight excluding hydrogens is 262 g/mol. The van der Waals surface area contributed by atoms with E-state index in [4.69, 9.17) is 5.73 Å². The van der Waals surface area contributed by atoms with Gasteiger partial charge in [0.2, 0.25) is 0 Å². The maximum Gasteiger partial charge on any atom is 0.277 e. The lowest BCUT2D eigenvalue weighted by atomic mass is 10.3. The summed E-state index contributed by atoms with van der Waals surface area (Å²) in [6, 6.07) is 7.11. The molecule has 3 rings (SSSR count). The van der Waals surface area contributed by atoms with Gasteiger partial charge < -0.3 is 5.73 Å². The van der Waals surface area contributed by atoms with Gasteiger partial charge in [0.15, 0.2) is 10.8 Å². The third kappa shape index (κ3) is 2.27. The van der Waals surface area contributed by atoms with E-state index in [-0.39, 0.29) is 5.91 Å². The molecule has 7 heteroatoms. The molecule has 0 spiro atoms. The number of nitrogen functional groups attached to an aromatic ring is 1. The number of carbonyl (C=O) groups is 1. The minimum absolute atomic E-state index is 0.271. The van der Waals surface area contributed by atoms with Crippen LogP contribution in [-0.2, 0) is 7.05 Å². The zero-order valence-electron chi connectivity index (χ0n) is 10.1. The zero-order valence-corrected chi connectivity index (χ0v) is 10.9. The van der Waals surface area contributed by atoms with E-state index >= 15 is 0 Å². The van der Waals surface area contributed by atoms with Crippen LogP contribution in [0, 0.1) is 0 Å². The number of benzene rings is 1. The molecule has 0 unspecified atom stereocenters. The normalized spacial score (nSPS) is 10.8. The molecule has 0 saturated carbocycles. The maximum absolute atomic E-state index is 11.9. The van der Waals surface area contributed by atoms with Crippen molar-refractivity contribution < 1.29 is 4.79 Å². The molecule has 2 aromatic heterocycles. The highest BCUT2D eigenvalue weighted by atomic mass is 32.1. The number of aromatic nitrogens is 3. The molecule has 0 fully saturated rings. The van der Waals surface area contributed by atoms with Gasteiger partial charge in [0.25, 0.3) is 5.91 Å². The Morgan fingerprint density at radius 3 is 3.00 bits per heavy atom. The molecule has 0 aliphatic heterocycles. The van der Waals surface area contributed by atoms with Gasteiger partial charge in [0, 0.05) is 18.9 Å². The molecule has 0 atom stereocenters. The predicted octanol–water partition coefficient (Wildman–Crippen LogP) is 1.86. The second-order valence-corrected chi connectivity index (χ2v) is 5.11. The standard InChI is InChI=1S/C12H11N5OS/c1-17-5-4-9(16-17)11(18)15-12-14-8-3-2-7(13)6-10(8)19-12/h2-6H,13H2,1H3,(H,14,15,18). The van der Waals surface area contributed by atoms with Gasteiger partial charge in [0.05, 0.1) is 10.2 Å². The third-order valence-corrected chi connectivity index (χ3v) is 3.51. The number of rotatable bonds is 2. The Hall–Kier alpha value is -2.41. The SMILES string of the molecule is Cn1ccc(C(=O)Nc2nc3ccc(N)cc3s2)n1. The summed E-state index contributed by atoms with van der Waals surface area (Å²) >= 11 is 1.38. The fourth-order valence-electron chi connectivity index (χ4n) is 1.69. The van der Waals surface area contributed by atoms with Gasteiger partial charge in [-0.15, -0.1) is 0 Å². The molecule has 3 aromatic rings. The average molecular weight is 273 g/mol. The quantitative estimate of drug-likeness (QED) is 0.698. The van der Waals surface area contributed by atoms with Crippen molar-refractivity contribution >= 4 is 38.3 Å². The molecule has 1 aromatic carbocycles. The van der Waals surface area contributed by atoms with Crippen LogP contribution in [0.5, 0.6) is 0 Å². The highest BCUT2D eigenvalue weighted by Crippen LogP contribution is 2.27. The Labute approximate surface area is 112 Å². The third-order valence-electron chi connectivity index (χ3n) is 2.58. The van der Waals surface area contributed by atoms with Crippen molar-refractivity contribution in [2.75, 3.05) is 11.1 Å². The number of anilines is 2. The van der Waals surface area contributed by atoms with Crippen LogP contribution in [0.4, 0.5) is 10.8 Å². The first-order valence-corrected chi connectivity index (χ1v) is 6.40. The van der Waals surface area contributed by atoms with Crippen molar-refractivity contribution in [3.63, 3.8) is 0 Å². The Morgan fingerprint density at radius 2 is 2.26 bits per heavy atom. The van der Waals surface area contributed by atoms with Crippen LogP contribution in [0.25, 0.3) is 10.2 Å². The highest BCUT2D eigenvalue weighted by Gasteiger charge is 2.12. The monoisotopic (exact) mass is 273 g/mol. The maximum atomic E-state index is 11.9. The van der Waals surface area contributed by atoms with Crippen molar-refractivity contribution in [1.29, 1.82) is 0 Å². The fourth-order valence-corrected chi connectivity index (χ4v) is 2.60. The summed E-state index contributed by atoms with van der Waals surface area (Å²) in [7, 11) is 1.76. The van der Waals surface area contributed by atoms with E-state index in [9.17, 15) is 4.79 Å². The van der Waals surface area contributed by atoms with E-state index < -0.39 is 0 Å². The number of nitrogens with one attached hydrogen (secondary N) is 1. The molecule has 3 N–H and O–H groups in total. The van der Waals surface area contributed by atoms with Gasteiger partial charge in [-0.1, -0.05) is 11.3 Å². The van der Waals surface area contributed by atoms with E-state index in [1.807, 2.05) is 12.1 Å². The van der Waals surface area contributed by atoms with Gasteiger partial charge in [-0.05, 0) is 24.3 Å². The van der Waals surface area contributed by atoms with E-state index in [0.717, 1.165) is 10.2 Å². The summed E-state index contributed by atoms with van der Waals surface area (Å²) in [5, 5.41) is 7.31. The molecule has 96 valence electrons. The summed E-state index contributed by atoms with van der Waals surface area (Å²) < 4.78 is 2.52. The molecule has 0 aliphatic rings. The highest BCUT2D eigenvalue weighted by molar-refractivity contribution is 7.22. The van der Waals surface area contributed by atoms with Crippen molar-refractivity contribution in [3.05, 3.63) is 36.2 Å². The number of nitrogens with two attached hydrogens (primary N) is 1. The van der Waals surface area contributed by atoms with Gasteiger partial charge >= 0.3 is 0 Å². The number of hydrogen-bond acceptors (Lipinski definition) is 5. The number of fused-ring (bicyclic) bond motifs is 1. The molecule has 2 heterocycles. The summed E-state index contributed by atoms with van der Waals surface area (Å²) in [5.41, 5.74) is 7.56. The van der Waals surface area contributed by atoms with Gasteiger partial charge in [0.1, 0.15) is 0 Å². The summed E-state index contributed by atoms with van der Waals surface area (Å²) in [6.07, 6.45) is 1.72. The molecular formula is C12H11N5OS. The molecule has 6 nitrogen and oxygen atoms in total. The van der Waals surface area contributed by atoms with Crippen LogP contribution in [0.15, 0.2) is 30.5 Å². The molecule has 1 amide bonds. The van der Waals surface area contributed by atoms with Gasteiger partial charge in [-0.3, -0.25) is 14.8 Å². The Morgan fingerprint density at radius 1 is 1.42 bits per heavy atom. The van der Waals surface area contributed by atoms with Crippen LogP contribution in [0.3, 0.4) is 0 Å². The van der Waals surface area contributed by atoms with E-state index in [1.54, 1.807) is 30.1 Å². The van der Waals surface area contributed by atoms with Crippen LogP contribution >= 0.6 is 11.3 Å². The number of nitrogens with zero attached hydrogens (tertiary/aromatic N) is 3. The minimum atomic E-state index is -0.271. The largest absolute Gasteiger partial charge is 0.399 e. The number of hydrogen-bond donors (Lipinski definition) is 2. The van der Waals surface area contributed by atoms with Crippen molar-refractivity contribution in [3.8, 4) is 0 Å². The zero-order chi connectivity index (χ0) is 13.4. The topological polar surface area (TPSA) is 85.8 Å². The number of thiazole rings is 1. The van der Waals surface area contributed by atoms with E-state index in [1.165, 1.54) is 11.3 Å². The number of carbonyl (C=O) groups excluding carboxylic acids is 1. The minimum Gasteiger partial charge on any atom is -0.399 e. The lowest BCUT2D eigenvalue weighted by Crippen LogP contribution is -2.12. The lowest BCUT2D eigenvalue weighted by molar-refractivity contribution is 0.102. The lowest BCUT2D eigenvalue weighted by Gasteiger charge is -1.96. The Bertz CT molecular complexity index is 760. The second-order valence-electron chi connectivity index (χ2n) is 4.07. The van der Waals surface area contributed by atoms with Crippen LogP contribution in [-0.4, -0.2) is 20.7 Å². The van der Waals surface area contributed by atoms with E-state index in [2.05, 4.69) is 15.4 Å². The number of aryl methyl sites for hydroxylation is 1. The Kier molecular flexibility index (Phi) is 2.68. The fraction of sp³-hybridized carbons (Fsp3) is 0.0833. The summed E-state index contributed by atoms with van der Waals surface area (Å²) in [4.78, 5) is 16.2. The summed E-state index contributed by atoms with van der Waals surface area (Å²) in [5.74, 6) is -0.271. The second kappa shape index (κ2) is 4.36. The number of amides is 1. The molecule has 0 bridgehead atoms. The molecule has 0 radical (unpaired) electrons. The van der Waals surface area contributed by atoms with Crippen molar-refractivity contribution in [2.45, 2.75) is 0 Å².